The SMILES string of the molecule is CC(C)(C)C.C[N+](C)(C)C. The van der Waals surface area contributed by atoms with E-state index in [2.05, 4.69) is 55.9 Å². The summed E-state index contributed by atoms with van der Waals surface area (Å²) in [6.45, 7) is 8.75. The van der Waals surface area contributed by atoms with Crippen LogP contribution < -0.4 is 0 Å². The summed E-state index contributed by atoms with van der Waals surface area (Å²) in [4.78, 5) is 0. The maximum Gasteiger partial charge on any atom is 0.0675 e. The minimum atomic E-state index is 0.500. The molecule has 0 saturated carbocycles. The van der Waals surface area contributed by atoms with E-state index < -0.39 is 0 Å². The normalized spacial score (nSPS) is 12.0. The Bertz CT molecular complexity index is 47.7. The van der Waals surface area contributed by atoms with E-state index in [0.717, 1.165) is 4.48 Å². The Morgan fingerprint density at radius 1 is 0.700 bits per heavy atom. The Balaban J connectivity index is 0. The second-order valence-corrected chi connectivity index (χ2v) is 5.68. The average molecular weight is 146 g/mol. The van der Waals surface area contributed by atoms with Crippen molar-refractivity contribution in [1.82, 2.24) is 0 Å². The van der Waals surface area contributed by atoms with Crippen molar-refractivity contribution in [2.24, 2.45) is 5.41 Å². The van der Waals surface area contributed by atoms with Crippen LogP contribution in [0.3, 0.4) is 0 Å². The third-order valence-electron chi connectivity index (χ3n) is 0. The van der Waals surface area contributed by atoms with Crippen molar-refractivity contribution < 1.29 is 4.48 Å². The van der Waals surface area contributed by atoms with Crippen molar-refractivity contribution in [1.29, 1.82) is 0 Å². The predicted molar refractivity (Wildman–Crippen MR) is 49.1 cm³/mol. The van der Waals surface area contributed by atoms with E-state index >= 15 is 0 Å². The molecule has 0 rings (SSSR count). The van der Waals surface area contributed by atoms with Crippen LogP contribution in [0.5, 0.6) is 0 Å². The second-order valence-electron chi connectivity index (χ2n) is 5.68. The predicted octanol–water partition coefficient (Wildman–Crippen LogP) is 2.37. The zero-order valence-electron chi connectivity index (χ0n) is 8.95. The van der Waals surface area contributed by atoms with E-state index in [0.29, 0.717) is 5.41 Å². The van der Waals surface area contributed by atoms with Gasteiger partial charge in [0.1, 0.15) is 0 Å². The van der Waals surface area contributed by atoms with Gasteiger partial charge in [-0.25, -0.2) is 0 Å². The summed E-state index contributed by atoms with van der Waals surface area (Å²) in [5.74, 6) is 0. The first-order valence-corrected chi connectivity index (χ1v) is 3.79. The zero-order valence-corrected chi connectivity index (χ0v) is 8.95. The van der Waals surface area contributed by atoms with Gasteiger partial charge < -0.3 is 4.48 Å². The summed E-state index contributed by atoms with van der Waals surface area (Å²) in [5.41, 5.74) is 0.500. The topological polar surface area (TPSA) is 0 Å². The first-order chi connectivity index (χ1) is 4.00. The molecule has 0 bridgehead atoms. The van der Waals surface area contributed by atoms with Gasteiger partial charge in [0, 0.05) is 0 Å². The quantitative estimate of drug-likeness (QED) is 0.460. The Hall–Kier alpha value is -0.0400. The number of nitrogens with zero attached hydrogens (tertiary/aromatic N) is 1. The van der Waals surface area contributed by atoms with Gasteiger partial charge in [-0.2, -0.15) is 0 Å². The number of hydrogen-bond donors (Lipinski definition) is 0. The van der Waals surface area contributed by atoms with Gasteiger partial charge in [0.25, 0.3) is 0 Å². The molecule has 0 aromatic carbocycles. The van der Waals surface area contributed by atoms with Crippen molar-refractivity contribution in [3.05, 3.63) is 0 Å². The van der Waals surface area contributed by atoms with Crippen molar-refractivity contribution in [2.75, 3.05) is 28.2 Å². The Kier molecular flexibility index (Phi) is 5.01. The van der Waals surface area contributed by atoms with E-state index in [9.17, 15) is 0 Å². The van der Waals surface area contributed by atoms with Crippen LogP contribution in [0.1, 0.15) is 27.7 Å². The molecule has 1 heteroatoms. The highest BCUT2D eigenvalue weighted by Crippen LogP contribution is 2.07. The van der Waals surface area contributed by atoms with Gasteiger partial charge in [-0.05, 0) is 5.41 Å². The van der Waals surface area contributed by atoms with Crippen LogP contribution in [-0.2, 0) is 0 Å². The minimum Gasteiger partial charge on any atom is -0.333 e. The molecule has 0 atom stereocenters. The van der Waals surface area contributed by atoms with E-state index in [1.54, 1.807) is 0 Å². The molecule has 0 saturated heterocycles. The summed E-state index contributed by atoms with van der Waals surface area (Å²) in [7, 11) is 8.50. The monoisotopic (exact) mass is 146 g/mol. The summed E-state index contributed by atoms with van der Waals surface area (Å²) < 4.78 is 1.00. The largest absolute Gasteiger partial charge is 0.333 e. The molecule has 10 heavy (non-hydrogen) atoms. The van der Waals surface area contributed by atoms with Crippen LogP contribution in [0.2, 0.25) is 0 Å². The molecule has 0 heterocycles. The molecule has 0 aliphatic carbocycles. The molecule has 1 nitrogen and oxygen atoms in total. The lowest BCUT2D eigenvalue weighted by molar-refractivity contribution is -0.849. The first kappa shape index (κ1) is 12.6. The molecule has 0 aliphatic heterocycles. The summed E-state index contributed by atoms with van der Waals surface area (Å²) in [6, 6.07) is 0. The van der Waals surface area contributed by atoms with Crippen LogP contribution in [0.15, 0.2) is 0 Å². The fourth-order valence-corrected chi connectivity index (χ4v) is 0. The van der Waals surface area contributed by atoms with Gasteiger partial charge in [0.15, 0.2) is 0 Å². The van der Waals surface area contributed by atoms with Crippen LogP contribution in [-0.4, -0.2) is 32.7 Å². The number of hydrogen-bond acceptors (Lipinski definition) is 0. The van der Waals surface area contributed by atoms with Crippen LogP contribution in [0.4, 0.5) is 0 Å². The van der Waals surface area contributed by atoms with Gasteiger partial charge in [-0.3, -0.25) is 0 Å². The van der Waals surface area contributed by atoms with E-state index in [1.807, 2.05) is 0 Å². The van der Waals surface area contributed by atoms with E-state index in [-0.39, 0.29) is 0 Å². The summed E-state index contributed by atoms with van der Waals surface area (Å²) in [5, 5.41) is 0. The standard InChI is InChI=1S/C5H12.C4H12N/c2*1-5(2,3)4/h2*1-4H3/q;+1. The fraction of sp³-hybridized carbons (Fsp3) is 1.00. The lowest BCUT2D eigenvalue weighted by atomic mass is 10.0. The van der Waals surface area contributed by atoms with Crippen molar-refractivity contribution in [3.63, 3.8) is 0 Å². The Labute approximate surface area is 66.6 Å². The third-order valence-corrected chi connectivity index (χ3v) is 0. The summed E-state index contributed by atoms with van der Waals surface area (Å²) in [6.07, 6.45) is 0. The van der Waals surface area contributed by atoms with Gasteiger partial charge in [-0.1, -0.05) is 27.7 Å². The molecule has 0 aromatic heterocycles. The number of quaternary nitrogens is 1. The molecule has 0 aliphatic rings. The molecule has 0 spiro atoms. The van der Waals surface area contributed by atoms with Gasteiger partial charge >= 0.3 is 0 Å². The smallest absolute Gasteiger partial charge is 0.0675 e. The third kappa shape index (κ3) is 241000. The number of rotatable bonds is 0. The molecule has 0 radical (unpaired) electrons. The zero-order chi connectivity index (χ0) is 9.00. The average Bonchev–Trinajstić information content (AvgIpc) is 1.12. The Morgan fingerprint density at radius 2 is 0.700 bits per heavy atom. The lowest BCUT2D eigenvalue weighted by Gasteiger charge is -2.14. The van der Waals surface area contributed by atoms with Gasteiger partial charge in [0.05, 0.1) is 28.2 Å². The minimum absolute atomic E-state index is 0.500. The molecule has 0 aromatic rings. The van der Waals surface area contributed by atoms with Crippen molar-refractivity contribution >= 4 is 0 Å². The summed E-state index contributed by atoms with van der Waals surface area (Å²) >= 11 is 0. The van der Waals surface area contributed by atoms with Crippen LogP contribution in [0, 0.1) is 5.41 Å². The highest BCUT2D eigenvalue weighted by molar-refractivity contribution is 4.47. The van der Waals surface area contributed by atoms with Crippen LogP contribution in [0.25, 0.3) is 0 Å². The Morgan fingerprint density at radius 3 is 0.700 bits per heavy atom. The molecule has 0 fully saturated rings. The van der Waals surface area contributed by atoms with Crippen molar-refractivity contribution in [2.45, 2.75) is 27.7 Å². The molecule has 0 amide bonds. The molecular weight excluding hydrogens is 122 g/mol. The fourth-order valence-electron chi connectivity index (χ4n) is 0. The van der Waals surface area contributed by atoms with Gasteiger partial charge in [0.2, 0.25) is 0 Å². The second kappa shape index (κ2) is 3.97. The van der Waals surface area contributed by atoms with Crippen LogP contribution >= 0.6 is 0 Å². The highest BCUT2D eigenvalue weighted by atomic mass is 15.2. The molecule has 64 valence electrons. The lowest BCUT2D eigenvalue weighted by Crippen LogP contribution is -2.27. The highest BCUT2D eigenvalue weighted by Gasteiger charge is 1.95. The van der Waals surface area contributed by atoms with E-state index in [4.69, 9.17) is 0 Å². The van der Waals surface area contributed by atoms with Gasteiger partial charge in [-0.15, -0.1) is 0 Å². The maximum absolute atomic E-state index is 2.19. The van der Waals surface area contributed by atoms with E-state index in [1.165, 1.54) is 0 Å². The first-order valence-electron chi connectivity index (χ1n) is 3.79. The molecule has 0 unspecified atom stereocenters. The maximum atomic E-state index is 2.19. The van der Waals surface area contributed by atoms with Crippen molar-refractivity contribution in [3.8, 4) is 0 Å². The molecular formula is C9H24N+. The molecule has 0 N–H and O–H groups in total.